The van der Waals surface area contributed by atoms with Crippen LogP contribution < -0.4 is 10.2 Å². The van der Waals surface area contributed by atoms with Crippen molar-refractivity contribution in [1.29, 1.82) is 0 Å². The first-order valence-electron chi connectivity index (χ1n) is 6.63. The van der Waals surface area contributed by atoms with Crippen molar-refractivity contribution in [3.8, 4) is 0 Å². The second kappa shape index (κ2) is 7.39. The van der Waals surface area contributed by atoms with Crippen LogP contribution in [0.3, 0.4) is 0 Å². The minimum absolute atomic E-state index is 0.398. The van der Waals surface area contributed by atoms with Crippen molar-refractivity contribution in [3.63, 3.8) is 0 Å². The molecule has 1 aromatic carbocycles. The molecule has 0 fully saturated rings. The van der Waals surface area contributed by atoms with Crippen LogP contribution in [-0.4, -0.2) is 33.4 Å². The van der Waals surface area contributed by atoms with Gasteiger partial charge in [-0.15, -0.1) is 0 Å². The lowest BCUT2D eigenvalue weighted by atomic mass is 10.1. The largest absolute Gasteiger partial charge is 0.383 e. The lowest BCUT2D eigenvalue weighted by Crippen LogP contribution is -2.36. The van der Waals surface area contributed by atoms with Crippen molar-refractivity contribution in [3.05, 3.63) is 29.3 Å². The van der Waals surface area contributed by atoms with Crippen molar-refractivity contribution in [2.24, 2.45) is 0 Å². The van der Waals surface area contributed by atoms with Crippen LogP contribution in [-0.2, 0) is 11.3 Å². The van der Waals surface area contributed by atoms with E-state index < -0.39 is 0 Å². The number of nitrogens with zero attached hydrogens (tertiary/aromatic N) is 1. The van der Waals surface area contributed by atoms with Crippen LogP contribution in [0.4, 0.5) is 5.69 Å². The van der Waals surface area contributed by atoms with E-state index in [4.69, 9.17) is 4.74 Å². The molecule has 1 unspecified atom stereocenters. The average Bonchev–Trinajstić information content (AvgIpc) is 2.34. The quantitative estimate of drug-likeness (QED) is 0.805. The van der Waals surface area contributed by atoms with Crippen LogP contribution >= 0.6 is 0 Å². The normalized spacial score (nSPS) is 12.5. The maximum Gasteiger partial charge on any atom is 0.0663 e. The summed E-state index contributed by atoms with van der Waals surface area (Å²) in [5.74, 6) is 0. The highest BCUT2D eigenvalue weighted by Crippen LogP contribution is 2.21. The van der Waals surface area contributed by atoms with Crippen molar-refractivity contribution < 1.29 is 4.74 Å². The standard InChI is InChI=1S/C15H26N2O/c1-6-17(13(3)11-18-5)15-8-7-14(10-16-4)12(2)9-15/h7-9,13,16H,6,10-11H2,1-5H3. The summed E-state index contributed by atoms with van der Waals surface area (Å²) in [6.07, 6.45) is 0. The van der Waals surface area contributed by atoms with Crippen molar-refractivity contribution >= 4 is 5.69 Å². The summed E-state index contributed by atoms with van der Waals surface area (Å²) in [7, 11) is 3.73. The van der Waals surface area contributed by atoms with Gasteiger partial charge in [-0.2, -0.15) is 0 Å². The van der Waals surface area contributed by atoms with Gasteiger partial charge in [0.25, 0.3) is 0 Å². The fourth-order valence-electron chi connectivity index (χ4n) is 2.33. The first kappa shape index (κ1) is 15.0. The number of aryl methyl sites for hydroxylation is 1. The number of likely N-dealkylation sites (N-methyl/N-ethyl adjacent to an activating group) is 1. The molecule has 102 valence electrons. The summed E-state index contributed by atoms with van der Waals surface area (Å²) in [6.45, 7) is 9.23. The van der Waals surface area contributed by atoms with E-state index in [0.29, 0.717) is 6.04 Å². The monoisotopic (exact) mass is 250 g/mol. The number of hydrogen-bond donors (Lipinski definition) is 1. The number of anilines is 1. The first-order valence-corrected chi connectivity index (χ1v) is 6.63. The molecule has 1 atom stereocenters. The Morgan fingerprint density at radius 1 is 1.39 bits per heavy atom. The number of hydrogen-bond acceptors (Lipinski definition) is 3. The number of rotatable bonds is 7. The highest BCUT2D eigenvalue weighted by atomic mass is 16.5. The van der Waals surface area contributed by atoms with E-state index >= 15 is 0 Å². The van der Waals surface area contributed by atoms with Gasteiger partial charge in [0.2, 0.25) is 0 Å². The second-order valence-corrected chi connectivity index (χ2v) is 4.73. The Balaban J connectivity index is 2.90. The lowest BCUT2D eigenvalue weighted by Gasteiger charge is -2.30. The van der Waals surface area contributed by atoms with Crippen molar-refractivity contribution in [2.45, 2.75) is 33.4 Å². The molecule has 18 heavy (non-hydrogen) atoms. The molecule has 3 heteroatoms. The molecule has 0 spiro atoms. The van der Waals surface area contributed by atoms with E-state index in [2.05, 4.69) is 49.2 Å². The Bertz CT molecular complexity index is 366. The van der Waals surface area contributed by atoms with Gasteiger partial charge in [0.15, 0.2) is 0 Å². The molecule has 0 aliphatic heterocycles. The lowest BCUT2D eigenvalue weighted by molar-refractivity contribution is 0.182. The number of benzene rings is 1. The van der Waals surface area contributed by atoms with Gasteiger partial charge >= 0.3 is 0 Å². The van der Waals surface area contributed by atoms with Crippen LogP contribution in [0.2, 0.25) is 0 Å². The highest BCUT2D eigenvalue weighted by Gasteiger charge is 2.13. The van der Waals surface area contributed by atoms with Gasteiger partial charge in [-0.1, -0.05) is 6.07 Å². The molecule has 1 aromatic rings. The topological polar surface area (TPSA) is 24.5 Å². The SMILES string of the molecule is CCN(c1ccc(CNC)c(C)c1)C(C)COC. The van der Waals surface area contributed by atoms with Gasteiger partial charge in [0.05, 0.1) is 6.61 Å². The third-order valence-corrected chi connectivity index (χ3v) is 3.31. The molecular formula is C15H26N2O. The maximum atomic E-state index is 5.25. The van der Waals surface area contributed by atoms with Gasteiger partial charge in [0.1, 0.15) is 0 Å². The smallest absolute Gasteiger partial charge is 0.0663 e. The zero-order valence-electron chi connectivity index (χ0n) is 12.3. The van der Waals surface area contributed by atoms with E-state index in [0.717, 1.165) is 19.7 Å². The summed E-state index contributed by atoms with van der Waals surface area (Å²) in [4.78, 5) is 2.37. The van der Waals surface area contributed by atoms with E-state index in [1.54, 1.807) is 7.11 Å². The zero-order valence-corrected chi connectivity index (χ0v) is 12.3. The molecular weight excluding hydrogens is 224 g/mol. The van der Waals surface area contributed by atoms with E-state index in [-0.39, 0.29) is 0 Å². The summed E-state index contributed by atoms with van der Waals surface area (Å²) in [6, 6.07) is 7.08. The average molecular weight is 250 g/mol. The second-order valence-electron chi connectivity index (χ2n) is 4.73. The predicted molar refractivity (Wildman–Crippen MR) is 78.3 cm³/mol. The Kier molecular flexibility index (Phi) is 6.16. The predicted octanol–water partition coefficient (Wildman–Crippen LogP) is 2.58. The van der Waals surface area contributed by atoms with Crippen LogP contribution in [0.5, 0.6) is 0 Å². The Morgan fingerprint density at radius 2 is 2.11 bits per heavy atom. The highest BCUT2D eigenvalue weighted by molar-refractivity contribution is 5.51. The van der Waals surface area contributed by atoms with E-state index in [1.165, 1.54) is 16.8 Å². The van der Waals surface area contributed by atoms with Crippen LogP contribution in [0.1, 0.15) is 25.0 Å². The van der Waals surface area contributed by atoms with Crippen molar-refractivity contribution in [1.82, 2.24) is 5.32 Å². The third kappa shape index (κ3) is 3.72. The molecule has 0 heterocycles. The molecule has 0 amide bonds. The first-order chi connectivity index (χ1) is 8.63. The fourth-order valence-corrected chi connectivity index (χ4v) is 2.33. The Morgan fingerprint density at radius 3 is 2.61 bits per heavy atom. The molecule has 0 bridgehead atoms. The summed E-state index contributed by atoms with van der Waals surface area (Å²) >= 11 is 0. The van der Waals surface area contributed by atoms with E-state index in [1.807, 2.05) is 7.05 Å². The Hall–Kier alpha value is -1.06. The summed E-state index contributed by atoms with van der Waals surface area (Å²) < 4.78 is 5.25. The number of nitrogens with one attached hydrogen (secondary N) is 1. The van der Waals surface area contributed by atoms with Gasteiger partial charge in [-0.05, 0) is 51.1 Å². The van der Waals surface area contributed by atoms with Gasteiger partial charge in [-0.25, -0.2) is 0 Å². The van der Waals surface area contributed by atoms with Crippen LogP contribution in [0, 0.1) is 6.92 Å². The van der Waals surface area contributed by atoms with Gasteiger partial charge in [-0.3, -0.25) is 0 Å². The molecule has 0 aliphatic carbocycles. The van der Waals surface area contributed by atoms with Gasteiger partial charge in [0, 0.05) is 31.9 Å². The van der Waals surface area contributed by atoms with Crippen LogP contribution in [0.15, 0.2) is 18.2 Å². The zero-order chi connectivity index (χ0) is 13.5. The molecule has 0 aromatic heterocycles. The molecule has 1 rings (SSSR count). The molecule has 3 nitrogen and oxygen atoms in total. The van der Waals surface area contributed by atoms with Crippen LogP contribution in [0.25, 0.3) is 0 Å². The molecule has 0 aliphatic rings. The van der Waals surface area contributed by atoms with Gasteiger partial charge < -0.3 is 15.0 Å². The summed E-state index contributed by atoms with van der Waals surface area (Å²) in [5, 5.41) is 3.20. The fraction of sp³-hybridized carbons (Fsp3) is 0.600. The third-order valence-electron chi connectivity index (χ3n) is 3.31. The van der Waals surface area contributed by atoms with Crippen molar-refractivity contribution in [2.75, 3.05) is 32.2 Å². The molecule has 0 saturated carbocycles. The number of methoxy groups -OCH3 is 1. The minimum atomic E-state index is 0.398. The summed E-state index contributed by atoms with van der Waals surface area (Å²) in [5.41, 5.74) is 3.97. The number of ether oxygens (including phenoxy) is 1. The molecule has 0 radical (unpaired) electrons. The Labute approximate surface area is 111 Å². The van der Waals surface area contributed by atoms with E-state index in [9.17, 15) is 0 Å². The molecule has 0 saturated heterocycles. The maximum absolute atomic E-state index is 5.25. The molecule has 1 N–H and O–H groups in total. The minimum Gasteiger partial charge on any atom is -0.383 e.